The lowest BCUT2D eigenvalue weighted by molar-refractivity contribution is 0.0692. The molecule has 0 spiro atoms. The standard InChI is InChI=1S/C14H21N3O3/c1-8-6-10(11(15-8)12(18)19)17-13(20)16-9-4-5-14(2,3)7-9/h6,9,15H,4-5,7H2,1-3H3,(H,18,19)(H2,16,17,20). The third kappa shape index (κ3) is 3.31. The van der Waals surface area contributed by atoms with Crippen LogP contribution < -0.4 is 10.6 Å². The van der Waals surface area contributed by atoms with Crippen LogP contribution in [-0.2, 0) is 0 Å². The number of amides is 2. The Balaban J connectivity index is 1.97. The van der Waals surface area contributed by atoms with Gasteiger partial charge in [-0.05, 0) is 37.7 Å². The van der Waals surface area contributed by atoms with E-state index < -0.39 is 5.97 Å². The normalized spacial score (nSPS) is 20.6. The Labute approximate surface area is 118 Å². The molecule has 0 saturated heterocycles. The highest BCUT2D eigenvalue weighted by atomic mass is 16.4. The van der Waals surface area contributed by atoms with E-state index in [4.69, 9.17) is 5.11 Å². The van der Waals surface area contributed by atoms with Gasteiger partial charge < -0.3 is 20.7 Å². The molecule has 1 unspecified atom stereocenters. The van der Waals surface area contributed by atoms with Crippen molar-refractivity contribution >= 4 is 17.7 Å². The maximum Gasteiger partial charge on any atom is 0.354 e. The van der Waals surface area contributed by atoms with Crippen molar-refractivity contribution in [1.82, 2.24) is 10.3 Å². The summed E-state index contributed by atoms with van der Waals surface area (Å²) in [5, 5.41) is 14.5. The van der Waals surface area contributed by atoms with Gasteiger partial charge in [0, 0.05) is 11.7 Å². The van der Waals surface area contributed by atoms with Crippen LogP contribution in [0.4, 0.5) is 10.5 Å². The second kappa shape index (κ2) is 5.19. The number of urea groups is 1. The van der Waals surface area contributed by atoms with E-state index in [0.29, 0.717) is 11.4 Å². The largest absolute Gasteiger partial charge is 0.477 e. The average Bonchev–Trinajstić information content (AvgIpc) is 2.82. The first-order valence-electron chi connectivity index (χ1n) is 6.77. The third-order valence-corrected chi connectivity index (χ3v) is 3.72. The van der Waals surface area contributed by atoms with Crippen molar-refractivity contribution in [2.45, 2.75) is 46.1 Å². The molecule has 0 aromatic carbocycles. The van der Waals surface area contributed by atoms with Gasteiger partial charge in [-0.15, -0.1) is 0 Å². The Morgan fingerprint density at radius 2 is 2.15 bits per heavy atom. The maximum absolute atomic E-state index is 11.9. The van der Waals surface area contributed by atoms with Crippen LogP contribution in [0.25, 0.3) is 0 Å². The van der Waals surface area contributed by atoms with Crippen molar-refractivity contribution in [1.29, 1.82) is 0 Å². The number of carbonyl (C=O) groups excluding carboxylic acids is 1. The van der Waals surface area contributed by atoms with Crippen molar-refractivity contribution in [3.8, 4) is 0 Å². The Morgan fingerprint density at radius 1 is 1.45 bits per heavy atom. The quantitative estimate of drug-likeness (QED) is 0.685. The summed E-state index contributed by atoms with van der Waals surface area (Å²) in [6, 6.07) is 1.41. The molecular formula is C14H21N3O3. The number of carboxylic acids is 1. The first kappa shape index (κ1) is 14.4. The molecule has 0 bridgehead atoms. The van der Waals surface area contributed by atoms with E-state index >= 15 is 0 Å². The van der Waals surface area contributed by atoms with Gasteiger partial charge >= 0.3 is 12.0 Å². The second-order valence-corrected chi connectivity index (χ2v) is 6.25. The Kier molecular flexibility index (Phi) is 3.74. The van der Waals surface area contributed by atoms with E-state index in [-0.39, 0.29) is 23.2 Å². The van der Waals surface area contributed by atoms with Gasteiger partial charge in [0.1, 0.15) is 5.69 Å². The predicted molar refractivity (Wildman–Crippen MR) is 76.1 cm³/mol. The molecule has 1 aromatic rings. The number of aryl methyl sites for hydroxylation is 1. The highest BCUT2D eigenvalue weighted by Crippen LogP contribution is 2.36. The van der Waals surface area contributed by atoms with Gasteiger partial charge in [-0.1, -0.05) is 13.8 Å². The zero-order valence-corrected chi connectivity index (χ0v) is 12.0. The summed E-state index contributed by atoms with van der Waals surface area (Å²) in [5.74, 6) is -1.09. The van der Waals surface area contributed by atoms with Crippen LogP contribution in [0.3, 0.4) is 0 Å². The van der Waals surface area contributed by atoms with Gasteiger partial charge in [-0.25, -0.2) is 9.59 Å². The summed E-state index contributed by atoms with van der Waals surface area (Å²) in [6.45, 7) is 6.12. The molecule has 1 fully saturated rings. The summed E-state index contributed by atoms with van der Waals surface area (Å²) in [5.41, 5.74) is 1.25. The first-order valence-corrected chi connectivity index (χ1v) is 6.77. The minimum atomic E-state index is -1.09. The van der Waals surface area contributed by atoms with Crippen molar-refractivity contribution in [2.75, 3.05) is 5.32 Å². The zero-order valence-electron chi connectivity index (χ0n) is 12.0. The van der Waals surface area contributed by atoms with Gasteiger partial charge in [-0.3, -0.25) is 0 Å². The van der Waals surface area contributed by atoms with E-state index in [1.54, 1.807) is 13.0 Å². The van der Waals surface area contributed by atoms with Gasteiger partial charge in [-0.2, -0.15) is 0 Å². The fourth-order valence-electron chi connectivity index (χ4n) is 2.76. The highest BCUT2D eigenvalue weighted by Gasteiger charge is 2.31. The van der Waals surface area contributed by atoms with Crippen molar-refractivity contribution < 1.29 is 14.7 Å². The molecule has 1 aliphatic carbocycles. The molecule has 6 nitrogen and oxygen atoms in total. The maximum atomic E-state index is 11.9. The molecular weight excluding hydrogens is 258 g/mol. The second-order valence-electron chi connectivity index (χ2n) is 6.25. The van der Waals surface area contributed by atoms with Crippen molar-refractivity contribution in [3.05, 3.63) is 17.5 Å². The van der Waals surface area contributed by atoms with Crippen LogP contribution in [0.2, 0.25) is 0 Å². The van der Waals surface area contributed by atoms with Crippen molar-refractivity contribution in [3.63, 3.8) is 0 Å². The number of aromatic nitrogens is 1. The monoisotopic (exact) mass is 279 g/mol. The molecule has 4 N–H and O–H groups in total. The number of aromatic amines is 1. The minimum absolute atomic E-state index is 0.00408. The SMILES string of the molecule is Cc1cc(NC(=O)NC2CCC(C)(C)C2)c(C(=O)O)[nH]1. The molecule has 1 aliphatic rings. The van der Waals surface area contributed by atoms with Gasteiger partial charge in [0.05, 0.1) is 5.69 Å². The lowest BCUT2D eigenvalue weighted by Gasteiger charge is -2.18. The van der Waals surface area contributed by atoms with E-state index in [2.05, 4.69) is 29.5 Å². The summed E-state index contributed by atoms with van der Waals surface area (Å²) in [6.07, 6.45) is 2.98. The number of rotatable bonds is 3. The molecule has 1 atom stereocenters. The number of H-pyrrole nitrogens is 1. The number of carbonyl (C=O) groups is 2. The average molecular weight is 279 g/mol. The van der Waals surface area contributed by atoms with Crippen LogP contribution in [0.15, 0.2) is 6.07 Å². The summed E-state index contributed by atoms with van der Waals surface area (Å²) in [4.78, 5) is 25.7. The highest BCUT2D eigenvalue weighted by molar-refractivity contribution is 5.99. The lowest BCUT2D eigenvalue weighted by atomic mass is 9.92. The van der Waals surface area contributed by atoms with Crippen LogP contribution in [-0.4, -0.2) is 28.1 Å². The van der Waals surface area contributed by atoms with Crippen LogP contribution in [0, 0.1) is 12.3 Å². The number of anilines is 1. The summed E-state index contributed by atoms with van der Waals surface area (Å²) in [7, 11) is 0. The Morgan fingerprint density at radius 3 is 2.70 bits per heavy atom. The third-order valence-electron chi connectivity index (χ3n) is 3.72. The van der Waals surface area contributed by atoms with Crippen LogP contribution >= 0.6 is 0 Å². The summed E-state index contributed by atoms with van der Waals surface area (Å²) >= 11 is 0. The molecule has 2 amide bonds. The minimum Gasteiger partial charge on any atom is -0.477 e. The number of aromatic carboxylic acids is 1. The molecule has 110 valence electrons. The molecule has 1 aromatic heterocycles. The van der Waals surface area contributed by atoms with E-state index in [0.717, 1.165) is 19.3 Å². The molecule has 2 rings (SSSR count). The molecule has 6 heteroatoms. The lowest BCUT2D eigenvalue weighted by Crippen LogP contribution is -2.37. The molecule has 0 radical (unpaired) electrons. The number of nitrogens with one attached hydrogen (secondary N) is 3. The van der Waals surface area contributed by atoms with Gasteiger partial charge in [0.15, 0.2) is 0 Å². The summed E-state index contributed by atoms with van der Waals surface area (Å²) < 4.78 is 0. The Hall–Kier alpha value is -1.98. The fourth-order valence-corrected chi connectivity index (χ4v) is 2.76. The molecule has 1 saturated carbocycles. The van der Waals surface area contributed by atoms with E-state index in [1.165, 1.54) is 0 Å². The van der Waals surface area contributed by atoms with Gasteiger partial charge in [0.25, 0.3) is 0 Å². The predicted octanol–water partition coefficient (Wildman–Crippen LogP) is 2.72. The number of hydrogen-bond donors (Lipinski definition) is 4. The Bertz CT molecular complexity index is 534. The van der Waals surface area contributed by atoms with Gasteiger partial charge in [0.2, 0.25) is 0 Å². The first-order chi connectivity index (χ1) is 9.27. The smallest absolute Gasteiger partial charge is 0.354 e. The molecule has 0 aliphatic heterocycles. The van der Waals surface area contributed by atoms with E-state index in [1.807, 2.05) is 0 Å². The van der Waals surface area contributed by atoms with E-state index in [9.17, 15) is 9.59 Å². The molecule has 1 heterocycles. The fraction of sp³-hybridized carbons (Fsp3) is 0.571. The zero-order chi connectivity index (χ0) is 14.9. The number of hydrogen-bond acceptors (Lipinski definition) is 2. The topological polar surface area (TPSA) is 94.2 Å². The molecule has 20 heavy (non-hydrogen) atoms. The van der Waals surface area contributed by atoms with Crippen LogP contribution in [0.5, 0.6) is 0 Å². The van der Waals surface area contributed by atoms with Crippen molar-refractivity contribution in [2.24, 2.45) is 5.41 Å². The van der Waals surface area contributed by atoms with Crippen LogP contribution in [0.1, 0.15) is 49.3 Å². The number of carboxylic acid groups (broad SMARTS) is 1.